The molecule has 0 aromatic carbocycles. The first-order chi connectivity index (χ1) is 12.5. The number of fused-ring (bicyclic) bond motifs is 1. The summed E-state index contributed by atoms with van der Waals surface area (Å²) in [5.74, 6) is -1.12. The lowest BCUT2D eigenvalue weighted by Crippen LogP contribution is -2.34. The molecule has 26 heavy (non-hydrogen) atoms. The average Bonchev–Trinajstić information content (AvgIpc) is 3.24. The molecule has 0 spiro atoms. The van der Waals surface area contributed by atoms with Crippen LogP contribution in [-0.2, 0) is 4.74 Å². The summed E-state index contributed by atoms with van der Waals surface area (Å²) in [7, 11) is 0. The summed E-state index contributed by atoms with van der Waals surface area (Å²) in [6, 6.07) is 0. The summed E-state index contributed by atoms with van der Waals surface area (Å²) in [5.41, 5.74) is -0.349. The van der Waals surface area contributed by atoms with Gasteiger partial charge in [-0.25, -0.2) is 19.7 Å². The summed E-state index contributed by atoms with van der Waals surface area (Å²) in [6.45, 7) is -0.405. The van der Waals surface area contributed by atoms with Crippen LogP contribution in [0.3, 0.4) is 0 Å². The first-order valence-electron chi connectivity index (χ1n) is 7.54. The van der Waals surface area contributed by atoms with E-state index in [0.717, 1.165) is 16.3 Å². The standard InChI is InChI=1S/C9H11FN2O5.C5H4N4/c10-4-2-12(9(16)11-8(4)15)7-1-5(14)6(3-13)17-7;1-4-5(8-2-6-1)9-3-7-4/h2,5-7,13-14H,1,3H2,(H,11,15,16);1-3H,(H,6,7,8,9)/t5-,6+,7+;/m0./s1. The molecule has 4 heterocycles. The number of ether oxygens (including phenoxy) is 1. The zero-order valence-corrected chi connectivity index (χ0v) is 13.2. The summed E-state index contributed by atoms with van der Waals surface area (Å²) in [4.78, 5) is 38.5. The number of nitrogens with one attached hydrogen (secondary N) is 2. The van der Waals surface area contributed by atoms with Crippen LogP contribution in [0.25, 0.3) is 11.2 Å². The van der Waals surface area contributed by atoms with Gasteiger partial charge in [-0.3, -0.25) is 14.3 Å². The molecule has 1 saturated heterocycles. The number of halogens is 1. The molecule has 4 N–H and O–H groups in total. The van der Waals surface area contributed by atoms with E-state index in [0.29, 0.717) is 5.65 Å². The molecular formula is C14H15FN6O5. The van der Waals surface area contributed by atoms with Gasteiger partial charge >= 0.3 is 5.69 Å². The van der Waals surface area contributed by atoms with E-state index in [1.165, 1.54) is 6.33 Å². The third kappa shape index (κ3) is 3.66. The Hall–Kier alpha value is -2.96. The molecule has 0 aliphatic carbocycles. The first kappa shape index (κ1) is 17.8. The van der Waals surface area contributed by atoms with Crippen molar-refractivity contribution in [2.45, 2.75) is 24.9 Å². The minimum absolute atomic E-state index is 0.0383. The van der Waals surface area contributed by atoms with Gasteiger partial charge in [0.1, 0.15) is 24.2 Å². The monoisotopic (exact) mass is 366 g/mol. The smallest absolute Gasteiger partial charge is 0.330 e. The predicted molar refractivity (Wildman–Crippen MR) is 84.6 cm³/mol. The van der Waals surface area contributed by atoms with Gasteiger partial charge in [0, 0.05) is 6.42 Å². The average molecular weight is 366 g/mol. The van der Waals surface area contributed by atoms with Gasteiger partial charge in [0.25, 0.3) is 5.56 Å². The number of hydrogen-bond donors (Lipinski definition) is 4. The fraction of sp³-hybridized carbons (Fsp3) is 0.357. The van der Waals surface area contributed by atoms with Crippen LogP contribution in [0, 0.1) is 5.82 Å². The number of imidazole rings is 1. The number of aliphatic hydroxyl groups excluding tert-OH is 2. The van der Waals surface area contributed by atoms with Crippen LogP contribution in [-0.4, -0.2) is 58.5 Å². The van der Waals surface area contributed by atoms with E-state index >= 15 is 0 Å². The second kappa shape index (κ2) is 7.51. The van der Waals surface area contributed by atoms with Gasteiger partial charge in [-0.15, -0.1) is 0 Å². The molecule has 1 aliphatic heterocycles. The SMILES string of the molecule is O=c1[nH]c(=O)n([C@H]2C[C@H](O)[C@@H](CO)O2)cc1F.c1ncc2[nH]cnc2n1. The topological polar surface area (TPSA) is 159 Å². The minimum atomic E-state index is -1.12. The largest absolute Gasteiger partial charge is 0.394 e. The van der Waals surface area contributed by atoms with Crippen LogP contribution in [0.4, 0.5) is 4.39 Å². The van der Waals surface area contributed by atoms with Crippen molar-refractivity contribution in [2.24, 2.45) is 0 Å². The number of nitrogens with zero attached hydrogens (tertiary/aromatic N) is 4. The fourth-order valence-electron chi connectivity index (χ4n) is 2.42. The Morgan fingerprint density at radius 3 is 2.88 bits per heavy atom. The number of hydrogen-bond acceptors (Lipinski definition) is 8. The molecule has 0 amide bonds. The molecular weight excluding hydrogens is 351 g/mol. The highest BCUT2D eigenvalue weighted by Gasteiger charge is 2.35. The second-order valence-electron chi connectivity index (χ2n) is 5.42. The molecule has 138 valence electrons. The van der Waals surface area contributed by atoms with Crippen LogP contribution in [0.2, 0.25) is 0 Å². The van der Waals surface area contributed by atoms with Gasteiger partial charge < -0.3 is 19.9 Å². The van der Waals surface area contributed by atoms with Crippen LogP contribution in [0.15, 0.2) is 34.6 Å². The number of aliphatic hydroxyl groups is 2. The maximum Gasteiger partial charge on any atom is 0.330 e. The summed E-state index contributed by atoms with van der Waals surface area (Å²) in [5, 5.41) is 18.3. The molecule has 3 aromatic heterocycles. The van der Waals surface area contributed by atoms with Crippen molar-refractivity contribution in [3.63, 3.8) is 0 Å². The third-order valence-electron chi connectivity index (χ3n) is 3.72. The van der Waals surface area contributed by atoms with Crippen LogP contribution in [0.1, 0.15) is 12.6 Å². The fourth-order valence-corrected chi connectivity index (χ4v) is 2.42. The van der Waals surface area contributed by atoms with Crippen molar-refractivity contribution in [3.8, 4) is 0 Å². The van der Waals surface area contributed by atoms with Crippen molar-refractivity contribution in [3.05, 3.63) is 51.7 Å². The number of H-pyrrole nitrogens is 2. The lowest BCUT2D eigenvalue weighted by molar-refractivity contribution is -0.0462. The number of aromatic nitrogens is 6. The lowest BCUT2D eigenvalue weighted by atomic mass is 10.2. The highest BCUT2D eigenvalue weighted by atomic mass is 19.1. The van der Waals surface area contributed by atoms with E-state index in [4.69, 9.17) is 9.84 Å². The number of aromatic amines is 2. The zero-order chi connectivity index (χ0) is 18.7. The Labute approximate surface area is 144 Å². The predicted octanol–water partition coefficient (Wildman–Crippen LogP) is -1.33. The van der Waals surface area contributed by atoms with E-state index in [1.54, 1.807) is 17.5 Å². The summed E-state index contributed by atoms with van der Waals surface area (Å²) in [6.07, 6.45) is 2.86. The highest BCUT2D eigenvalue weighted by Crippen LogP contribution is 2.27. The highest BCUT2D eigenvalue weighted by molar-refractivity contribution is 5.67. The van der Waals surface area contributed by atoms with Crippen molar-refractivity contribution in [2.75, 3.05) is 6.61 Å². The Balaban J connectivity index is 0.000000181. The molecule has 1 fully saturated rings. The summed E-state index contributed by atoms with van der Waals surface area (Å²) < 4.78 is 19.0. The van der Waals surface area contributed by atoms with Crippen molar-refractivity contribution in [1.29, 1.82) is 0 Å². The van der Waals surface area contributed by atoms with Gasteiger partial charge in [-0.05, 0) is 0 Å². The Bertz CT molecular complexity index is 971. The van der Waals surface area contributed by atoms with Gasteiger partial charge in [0.15, 0.2) is 5.65 Å². The van der Waals surface area contributed by atoms with Gasteiger partial charge in [0.2, 0.25) is 5.82 Å². The third-order valence-corrected chi connectivity index (χ3v) is 3.72. The van der Waals surface area contributed by atoms with Crippen molar-refractivity contribution < 1.29 is 19.3 Å². The van der Waals surface area contributed by atoms with Gasteiger partial charge in [-0.2, -0.15) is 4.39 Å². The molecule has 11 nitrogen and oxygen atoms in total. The lowest BCUT2D eigenvalue weighted by Gasteiger charge is -2.13. The van der Waals surface area contributed by atoms with E-state index in [-0.39, 0.29) is 6.42 Å². The first-order valence-corrected chi connectivity index (χ1v) is 7.54. The van der Waals surface area contributed by atoms with Gasteiger partial charge in [0.05, 0.1) is 31.4 Å². The number of rotatable bonds is 2. The molecule has 3 aromatic rings. The van der Waals surface area contributed by atoms with Crippen molar-refractivity contribution >= 4 is 11.2 Å². The minimum Gasteiger partial charge on any atom is -0.394 e. The van der Waals surface area contributed by atoms with E-state index < -0.39 is 42.1 Å². The maximum atomic E-state index is 13.0. The Morgan fingerprint density at radius 1 is 1.38 bits per heavy atom. The molecule has 0 unspecified atom stereocenters. The Morgan fingerprint density at radius 2 is 2.19 bits per heavy atom. The van der Waals surface area contributed by atoms with E-state index in [9.17, 15) is 19.1 Å². The van der Waals surface area contributed by atoms with E-state index in [1.807, 2.05) is 0 Å². The zero-order valence-electron chi connectivity index (χ0n) is 13.2. The maximum absolute atomic E-state index is 13.0. The molecule has 0 saturated carbocycles. The molecule has 1 aliphatic rings. The van der Waals surface area contributed by atoms with E-state index in [2.05, 4.69) is 19.9 Å². The molecule has 4 rings (SSSR count). The molecule has 0 bridgehead atoms. The van der Waals surface area contributed by atoms with Gasteiger partial charge in [-0.1, -0.05) is 0 Å². The van der Waals surface area contributed by atoms with Crippen LogP contribution >= 0.6 is 0 Å². The normalized spacial score (nSPS) is 22.2. The quantitative estimate of drug-likeness (QED) is 0.434. The summed E-state index contributed by atoms with van der Waals surface area (Å²) >= 11 is 0. The second-order valence-corrected chi connectivity index (χ2v) is 5.42. The van der Waals surface area contributed by atoms with Crippen molar-refractivity contribution in [1.82, 2.24) is 29.5 Å². The van der Waals surface area contributed by atoms with Crippen LogP contribution in [0.5, 0.6) is 0 Å². The van der Waals surface area contributed by atoms with Crippen LogP contribution < -0.4 is 11.2 Å². The molecule has 0 radical (unpaired) electrons. The molecule has 3 atom stereocenters. The molecule has 12 heteroatoms. The Kier molecular flexibility index (Phi) is 5.16.